The highest BCUT2D eigenvalue weighted by atomic mass is 35.5. The Hall–Kier alpha value is -1.72. The average molecular weight is 322 g/mol. The molecule has 0 radical (unpaired) electrons. The first-order valence-electron chi connectivity index (χ1n) is 7.54. The van der Waals surface area contributed by atoms with Crippen LogP contribution in [0.1, 0.15) is 24.6 Å². The average Bonchev–Trinajstić information content (AvgIpc) is 2.83. The summed E-state index contributed by atoms with van der Waals surface area (Å²) in [6.45, 7) is 1.90. The molecule has 2 aromatic rings. The van der Waals surface area contributed by atoms with Crippen LogP contribution in [-0.2, 0) is 12.8 Å². The number of rotatable bonds is 3. The molecule has 1 aromatic heterocycles. The quantitative estimate of drug-likeness (QED) is 0.700. The van der Waals surface area contributed by atoms with Gasteiger partial charge < -0.3 is 20.7 Å². The third kappa shape index (κ3) is 3.20. The van der Waals surface area contributed by atoms with Gasteiger partial charge >= 0.3 is 6.03 Å². The van der Waals surface area contributed by atoms with Gasteiger partial charge in [0.1, 0.15) is 0 Å². The van der Waals surface area contributed by atoms with Gasteiger partial charge in [-0.1, -0.05) is 11.6 Å². The van der Waals surface area contributed by atoms with Crippen molar-refractivity contribution < 1.29 is 9.90 Å². The highest BCUT2D eigenvalue weighted by Crippen LogP contribution is 2.30. The minimum Gasteiger partial charge on any atom is -0.392 e. The molecule has 1 unspecified atom stereocenters. The van der Waals surface area contributed by atoms with Crippen molar-refractivity contribution in [1.82, 2.24) is 15.6 Å². The first-order chi connectivity index (χ1) is 10.5. The Labute approximate surface area is 134 Å². The van der Waals surface area contributed by atoms with Crippen LogP contribution in [0.4, 0.5) is 4.79 Å². The molecule has 0 spiro atoms. The van der Waals surface area contributed by atoms with Gasteiger partial charge in [-0.05, 0) is 49.9 Å². The Kier molecular flexibility index (Phi) is 4.27. The zero-order chi connectivity index (χ0) is 15.7. The number of hydrogen-bond donors (Lipinski definition) is 4. The van der Waals surface area contributed by atoms with E-state index in [2.05, 4.69) is 15.6 Å². The van der Waals surface area contributed by atoms with Crippen LogP contribution in [0.25, 0.3) is 10.9 Å². The Bertz CT molecular complexity index is 696. The molecule has 3 rings (SSSR count). The molecule has 6 heteroatoms. The van der Waals surface area contributed by atoms with Crippen LogP contribution in [0.5, 0.6) is 0 Å². The van der Waals surface area contributed by atoms with E-state index in [4.69, 9.17) is 11.6 Å². The van der Waals surface area contributed by atoms with Crippen molar-refractivity contribution in [2.75, 3.05) is 6.54 Å². The van der Waals surface area contributed by atoms with E-state index < -0.39 is 6.10 Å². The number of carbonyl (C=O) groups excluding carboxylic acids is 1. The molecule has 1 aliphatic rings. The van der Waals surface area contributed by atoms with E-state index in [1.54, 1.807) is 6.92 Å². The molecule has 1 aliphatic carbocycles. The van der Waals surface area contributed by atoms with Crippen molar-refractivity contribution in [2.24, 2.45) is 0 Å². The van der Waals surface area contributed by atoms with Crippen LogP contribution in [0.15, 0.2) is 18.2 Å². The van der Waals surface area contributed by atoms with Crippen LogP contribution >= 0.6 is 11.6 Å². The van der Waals surface area contributed by atoms with Gasteiger partial charge in [0, 0.05) is 34.2 Å². The number of benzene rings is 1. The van der Waals surface area contributed by atoms with Gasteiger partial charge in [-0.15, -0.1) is 0 Å². The Morgan fingerprint density at radius 3 is 3.14 bits per heavy atom. The maximum absolute atomic E-state index is 11.8. The third-order valence-electron chi connectivity index (χ3n) is 4.04. The van der Waals surface area contributed by atoms with Crippen LogP contribution in [0, 0.1) is 0 Å². The van der Waals surface area contributed by atoms with Crippen molar-refractivity contribution in [3.63, 3.8) is 0 Å². The predicted octanol–water partition coefficient (Wildman–Crippen LogP) is 2.36. The number of nitrogens with one attached hydrogen (secondary N) is 3. The van der Waals surface area contributed by atoms with Gasteiger partial charge in [0.05, 0.1) is 6.10 Å². The SMILES string of the molecule is C[C@@H](O)CNC(=O)NC1CCc2[nH]c3ccc(Cl)cc3c2C1. The van der Waals surface area contributed by atoms with Gasteiger partial charge in [0.2, 0.25) is 0 Å². The molecule has 0 saturated carbocycles. The van der Waals surface area contributed by atoms with Crippen LogP contribution < -0.4 is 10.6 Å². The molecule has 1 heterocycles. The summed E-state index contributed by atoms with van der Waals surface area (Å²) in [6, 6.07) is 5.72. The second-order valence-electron chi connectivity index (χ2n) is 5.92. The second kappa shape index (κ2) is 6.18. The number of fused-ring (bicyclic) bond motifs is 3. The molecule has 0 fully saturated rings. The molecule has 5 nitrogen and oxygen atoms in total. The number of carbonyl (C=O) groups is 1. The number of H-pyrrole nitrogens is 1. The maximum atomic E-state index is 11.8. The van der Waals surface area contributed by atoms with Gasteiger partial charge in [0.25, 0.3) is 0 Å². The normalized spacial score (nSPS) is 18.8. The zero-order valence-electron chi connectivity index (χ0n) is 12.4. The van der Waals surface area contributed by atoms with Crippen LogP contribution in [0.2, 0.25) is 5.02 Å². The monoisotopic (exact) mass is 321 g/mol. The number of aromatic amines is 1. The number of aliphatic hydroxyl groups excluding tert-OH is 1. The summed E-state index contributed by atoms with van der Waals surface area (Å²) < 4.78 is 0. The summed E-state index contributed by atoms with van der Waals surface area (Å²) in [5.41, 5.74) is 3.57. The first kappa shape index (κ1) is 15.2. The molecule has 118 valence electrons. The first-order valence-corrected chi connectivity index (χ1v) is 7.92. The van der Waals surface area contributed by atoms with Crippen molar-refractivity contribution in [3.8, 4) is 0 Å². The van der Waals surface area contributed by atoms with Crippen molar-refractivity contribution >= 4 is 28.5 Å². The summed E-state index contributed by atoms with van der Waals surface area (Å²) in [5.74, 6) is 0. The van der Waals surface area contributed by atoms with E-state index in [0.29, 0.717) is 0 Å². The van der Waals surface area contributed by atoms with Gasteiger partial charge in [-0.3, -0.25) is 0 Å². The molecule has 0 saturated heterocycles. The topological polar surface area (TPSA) is 77.2 Å². The van der Waals surface area contributed by atoms with Crippen molar-refractivity contribution in [3.05, 3.63) is 34.5 Å². The van der Waals surface area contributed by atoms with E-state index >= 15 is 0 Å². The third-order valence-corrected chi connectivity index (χ3v) is 4.28. The molecule has 2 atom stereocenters. The van der Waals surface area contributed by atoms with E-state index in [0.717, 1.165) is 35.2 Å². The van der Waals surface area contributed by atoms with Gasteiger partial charge in [0.15, 0.2) is 0 Å². The minimum absolute atomic E-state index is 0.0967. The molecule has 4 N–H and O–H groups in total. The summed E-state index contributed by atoms with van der Waals surface area (Å²) in [7, 11) is 0. The molecule has 1 aromatic carbocycles. The largest absolute Gasteiger partial charge is 0.392 e. The van der Waals surface area contributed by atoms with Crippen molar-refractivity contribution in [1.29, 1.82) is 0 Å². The fraction of sp³-hybridized carbons (Fsp3) is 0.438. The lowest BCUT2D eigenvalue weighted by Crippen LogP contribution is -2.46. The lowest BCUT2D eigenvalue weighted by molar-refractivity contribution is 0.186. The highest BCUT2D eigenvalue weighted by Gasteiger charge is 2.23. The predicted molar refractivity (Wildman–Crippen MR) is 87.3 cm³/mol. The summed E-state index contributed by atoms with van der Waals surface area (Å²) in [4.78, 5) is 15.3. The lowest BCUT2D eigenvalue weighted by Gasteiger charge is -2.24. The smallest absolute Gasteiger partial charge is 0.315 e. The summed E-state index contributed by atoms with van der Waals surface area (Å²) >= 11 is 6.09. The van der Waals surface area contributed by atoms with Crippen LogP contribution in [-0.4, -0.2) is 34.8 Å². The Balaban J connectivity index is 1.71. The number of aryl methyl sites for hydroxylation is 1. The van der Waals surface area contributed by atoms with Crippen LogP contribution in [0.3, 0.4) is 0 Å². The molecular formula is C16H20ClN3O2. The zero-order valence-corrected chi connectivity index (χ0v) is 13.2. The number of halogens is 1. The van der Waals surface area contributed by atoms with E-state index in [1.165, 1.54) is 11.3 Å². The molecule has 0 aliphatic heterocycles. The number of amides is 2. The fourth-order valence-electron chi connectivity index (χ4n) is 2.99. The summed E-state index contributed by atoms with van der Waals surface area (Å²) in [6.07, 6.45) is 2.05. The number of aromatic nitrogens is 1. The maximum Gasteiger partial charge on any atom is 0.315 e. The Morgan fingerprint density at radius 1 is 1.55 bits per heavy atom. The standard InChI is InChI=1S/C16H20ClN3O2/c1-9(21)8-18-16(22)19-11-3-5-15-13(7-11)12-6-10(17)2-4-14(12)20-15/h2,4,6,9,11,20-21H,3,5,7-8H2,1H3,(H2,18,19,22)/t9-,11?/m1/s1. The molecule has 0 bridgehead atoms. The van der Waals surface area contributed by atoms with E-state index in [1.807, 2.05) is 18.2 Å². The molecule has 2 amide bonds. The van der Waals surface area contributed by atoms with Crippen molar-refractivity contribution in [2.45, 2.75) is 38.3 Å². The van der Waals surface area contributed by atoms with Gasteiger partial charge in [-0.2, -0.15) is 0 Å². The molecular weight excluding hydrogens is 302 g/mol. The second-order valence-corrected chi connectivity index (χ2v) is 6.35. The number of hydrogen-bond acceptors (Lipinski definition) is 2. The lowest BCUT2D eigenvalue weighted by atomic mass is 9.91. The van der Waals surface area contributed by atoms with E-state index in [-0.39, 0.29) is 18.6 Å². The number of aliphatic hydroxyl groups is 1. The van der Waals surface area contributed by atoms with Gasteiger partial charge in [-0.25, -0.2) is 4.79 Å². The fourth-order valence-corrected chi connectivity index (χ4v) is 3.16. The Morgan fingerprint density at radius 2 is 2.36 bits per heavy atom. The molecule has 22 heavy (non-hydrogen) atoms. The highest BCUT2D eigenvalue weighted by molar-refractivity contribution is 6.31. The van der Waals surface area contributed by atoms with E-state index in [9.17, 15) is 9.90 Å². The number of urea groups is 1. The summed E-state index contributed by atoms with van der Waals surface area (Å²) in [5, 5.41) is 16.7. The minimum atomic E-state index is -0.542.